The lowest BCUT2D eigenvalue weighted by molar-refractivity contribution is -0.131. The first kappa shape index (κ1) is 19.6. The number of carbonyl (C=O) groups excluding carboxylic acids is 1. The zero-order valence-electron chi connectivity index (χ0n) is 17.4. The number of H-pyrrole nitrogens is 1. The molecular weight excluding hydrogens is 360 g/mol. The van der Waals surface area contributed by atoms with Gasteiger partial charge >= 0.3 is 0 Å². The summed E-state index contributed by atoms with van der Waals surface area (Å²) in [5.41, 5.74) is 4.56. The van der Waals surface area contributed by atoms with Crippen molar-refractivity contribution in [2.45, 2.75) is 39.0 Å². The third-order valence-corrected chi connectivity index (χ3v) is 6.15. The highest BCUT2D eigenvalue weighted by atomic mass is 16.5. The van der Waals surface area contributed by atoms with Crippen LogP contribution >= 0.6 is 0 Å². The Morgan fingerprint density at radius 3 is 2.69 bits per heavy atom. The molecule has 0 unspecified atom stereocenters. The second-order valence-corrected chi connectivity index (χ2v) is 8.17. The van der Waals surface area contributed by atoms with Crippen molar-refractivity contribution in [1.29, 1.82) is 0 Å². The molecule has 0 bridgehead atoms. The number of aromatic amines is 1. The van der Waals surface area contributed by atoms with Gasteiger partial charge in [-0.2, -0.15) is 0 Å². The maximum Gasteiger partial charge on any atom is 0.222 e. The van der Waals surface area contributed by atoms with Crippen molar-refractivity contribution in [1.82, 2.24) is 9.88 Å². The van der Waals surface area contributed by atoms with Crippen LogP contribution in [0.4, 0.5) is 0 Å². The fourth-order valence-corrected chi connectivity index (χ4v) is 4.37. The molecule has 1 fully saturated rings. The second-order valence-electron chi connectivity index (χ2n) is 8.17. The minimum atomic E-state index is 0.282. The van der Waals surface area contributed by atoms with E-state index in [1.165, 1.54) is 17.4 Å². The van der Waals surface area contributed by atoms with Crippen LogP contribution in [-0.2, 0) is 11.2 Å². The molecule has 0 spiro atoms. The highest BCUT2D eigenvalue weighted by molar-refractivity contribution is 5.91. The Labute approximate surface area is 172 Å². The molecule has 1 saturated heterocycles. The number of hydrogen-bond donors (Lipinski definition) is 1. The van der Waals surface area contributed by atoms with E-state index < -0.39 is 0 Å². The zero-order valence-corrected chi connectivity index (χ0v) is 17.4. The summed E-state index contributed by atoms with van der Waals surface area (Å²) in [6.07, 6.45) is 4.77. The number of methoxy groups -OCH3 is 1. The maximum absolute atomic E-state index is 12.9. The lowest BCUT2D eigenvalue weighted by Crippen LogP contribution is -2.32. The van der Waals surface area contributed by atoms with Crippen LogP contribution in [0.5, 0.6) is 5.75 Å². The van der Waals surface area contributed by atoms with Crippen LogP contribution in [0.3, 0.4) is 0 Å². The van der Waals surface area contributed by atoms with Crippen molar-refractivity contribution >= 4 is 16.8 Å². The monoisotopic (exact) mass is 390 g/mol. The Hall–Kier alpha value is -2.75. The van der Waals surface area contributed by atoms with Gasteiger partial charge in [-0.3, -0.25) is 4.79 Å². The van der Waals surface area contributed by atoms with Crippen LogP contribution < -0.4 is 4.74 Å². The largest absolute Gasteiger partial charge is 0.497 e. The van der Waals surface area contributed by atoms with E-state index in [0.29, 0.717) is 6.42 Å². The molecule has 0 saturated carbocycles. The average molecular weight is 391 g/mol. The van der Waals surface area contributed by atoms with E-state index in [1.54, 1.807) is 7.11 Å². The van der Waals surface area contributed by atoms with Gasteiger partial charge in [0.15, 0.2) is 0 Å². The van der Waals surface area contributed by atoms with Gasteiger partial charge in [0.2, 0.25) is 5.91 Å². The molecule has 1 aliphatic rings. The molecule has 4 rings (SSSR count). The fourth-order valence-electron chi connectivity index (χ4n) is 4.37. The molecule has 2 aromatic carbocycles. The summed E-state index contributed by atoms with van der Waals surface area (Å²) < 4.78 is 5.30. The normalized spacial score (nSPS) is 17.3. The molecule has 3 aromatic rings. The molecule has 1 atom stereocenters. The van der Waals surface area contributed by atoms with Crippen LogP contribution in [0.15, 0.2) is 48.5 Å². The summed E-state index contributed by atoms with van der Waals surface area (Å²) in [6, 6.07) is 16.5. The van der Waals surface area contributed by atoms with Gasteiger partial charge in [0, 0.05) is 36.1 Å². The number of aryl methyl sites for hydroxylation is 1. The van der Waals surface area contributed by atoms with Crippen LogP contribution in [0.2, 0.25) is 0 Å². The molecule has 1 N–H and O–H groups in total. The van der Waals surface area contributed by atoms with Crippen molar-refractivity contribution in [3.05, 3.63) is 54.1 Å². The van der Waals surface area contributed by atoms with E-state index in [4.69, 9.17) is 4.74 Å². The predicted molar refractivity (Wildman–Crippen MR) is 118 cm³/mol. The number of nitrogens with zero attached hydrogens (tertiary/aromatic N) is 1. The first-order valence-electron chi connectivity index (χ1n) is 10.7. The number of nitrogens with one attached hydrogen (secondary N) is 1. The molecular formula is C25H30N2O2. The summed E-state index contributed by atoms with van der Waals surface area (Å²) in [5.74, 6) is 1.85. The number of aromatic nitrogens is 1. The van der Waals surface area contributed by atoms with E-state index in [2.05, 4.69) is 47.1 Å². The minimum absolute atomic E-state index is 0.282. The number of ether oxygens (including phenoxy) is 1. The predicted octanol–water partition coefficient (Wildman–Crippen LogP) is 5.42. The quantitative estimate of drug-likeness (QED) is 0.632. The van der Waals surface area contributed by atoms with Crippen molar-refractivity contribution in [2.75, 3.05) is 20.2 Å². The number of para-hydroxylation sites is 1. The molecule has 29 heavy (non-hydrogen) atoms. The average Bonchev–Trinajstić information content (AvgIpc) is 2.98. The van der Waals surface area contributed by atoms with Gasteiger partial charge < -0.3 is 14.6 Å². The number of likely N-dealkylation sites (tertiary alicyclic amines) is 1. The molecule has 1 amide bonds. The van der Waals surface area contributed by atoms with Crippen molar-refractivity contribution in [2.24, 2.45) is 5.92 Å². The number of fused-ring (bicyclic) bond motifs is 1. The number of amides is 1. The van der Waals surface area contributed by atoms with Gasteiger partial charge in [-0.05, 0) is 73.1 Å². The van der Waals surface area contributed by atoms with Crippen LogP contribution in [0.1, 0.15) is 38.2 Å². The second kappa shape index (κ2) is 8.73. The number of benzene rings is 2. The molecule has 1 aliphatic heterocycles. The van der Waals surface area contributed by atoms with Gasteiger partial charge in [0.25, 0.3) is 0 Å². The van der Waals surface area contributed by atoms with Crippen LogP contribution in [-0.4, -0.2) is 36.0 Å². The zero-order chi connectivity index (χ0) is 20.2. The van der Waals surface area contributed by atoms with E-state index in [1.807, 2.05) is 18.2 Å². The third-order valence-electron chi connectivity index (χ3n) is 6.15. The Balaban J connectivity index is 1.58. The lowest BCUT2D eigenvalue weighted by Gasteiger charge is -2.20. The number of rotatable bonds is 5. The van der Waals surface area contributed by atoms with E-state index in [0.717, 1.165) is 60.8 Å². The summed E-state index contributed by atoms with van der Waals surface area (Å²) in [6.45, 7) is 4.10. The summed E-state index contributed by atoms with van der Waals surface area (Å²) in [4.78, 5) is 18.6. The smallest absolute Gasteiger partial charge is 0.222 e. The molecule has 0 aliphatic carbocycles. The van der Waals surface area contributed by atoms with Gasteiger partial charge in [-0.25, -0.2) is 0 Å². The summed E-state index contributed by atoms with van der Waals surface area (Å²) in [7, 11) is 1.68. The molecule has 4 heteroatoms. The Bertz CT molecular complexity index is 974. The molecule has 2 heterocycles. The lowest BCUT2D eigenvalue weighted by atomic mass is 10.0. The number of carbonyl (C=O) groups is 1. The van der Waals surface area contributed by atoms with Crippen molar-refractivity contribution in [3.8, 4) is 17.0 Å². The highest BCUT2D eigenvalue weighted by Gasteiger charge is 2.20. The first-order chi connectivity index (χ1) is 14.2. The third kappa shape index (κ3) is 4.31. The standard InChI is InChI=1S/C25H30N2O2/c1-18-6-5-16-27(17-15-18)24(28)14-13-22-21-7-3-4-8-23(21)26-25(22)19-9-11-20(29-2)12-10-19/h3-4,7-12,18,26H,5-6,13-17H2,1-2H3/t18-/m0/s1. The summed E-state index contributed by atoms with van der Waals surface area (Å²) >= 11 is 0. The first-order valence-corrected chi connectivity index (χ1v) is 10.7. The fraction of sp³-hybridized carbons (Fsp3) is 0.400. The Kier molecular flexibility index (Phi) is 5.89. The van der Waals surface area contributed by atoms with E-state index >= 15 is 0 Å². The van der Waals surface area contributed by atoms with Gasteiger partial charge in [-0.15, -0.1) is 0 Å². The summed E-state index contributed by atoms with van der Waals surface area (Å²) in [5, 5.41) is 1.20. The molecule has 152 valence electrons. The Morgan fingerprint density at radius 2 is 1.90 bits per heavy atom. The van der Waals surface area contributed by atoms with E-state index in [-0.39, 0.29) is 5.91 Å². The number of hydrogen-bond acceptors (Lipinski definition) is 2. The molecule has 4 nitrogen and oxygen atoms in total. The SMILES string of the molecule is COc1ccc(-c2[nH]c3ccccc3c2CCC(=O)N2CCC[C@H](C)CC2)cc1. The van der Waals surface area contributed by atoms with Crippen LogP contribution in [0, 0.1) is 5.92 Å². The molecule has 1 aromatic heterocycles. The molecule has 0 radical (unpaired) electrons. The van der Waals surface area contributed by atoms with Crippen LogP contribution in [0.25, 0.3) is 22.2 Å². The van der Waals surface area contributed by atoms with Crippen molar-refractivity contribution in [3.63, 3.8) is 0 Å². The van der Waals surface area contributed by atoms with Crippen molar-refractivity contribution < 1.29 is 9.53 Å². The topological polar surface area (TPSA) is 45.3 Å². The van der Waals surface area contributed by atoms with E-state index in [9.17, 15) is 4.79 Å². The van der Waals surface area contributed by atoms with Gasteiger partial charge in [-0.1, -0.05) is 25.1 Å². The van der Waals surface area contributed by atoms with Gasteiger partial charge in [0.05, 0.1) is 7.11 Å². The maximum atomic E-state index is 12.9. The Morgan fingerprint density at radius 1 is 1.10 bits per heavy atom. The minimum Gasteiger partial charge on any atom is -0.497 e. The highest BCUT2D eigenvalue weighted by Crippen LogP contribution is 2.32. The van der Waals surface area contributed by atoms with Gasteiger partial charge in [0.1, 0.15) is 5.75 Å².